The summed E-state index contributed by atoms with van der Waals surface area (Å²) >= 11 is 11.8. The van der Waals surface area contributed by atoms with Crippen LogP contribution in [0.1, 0.15) is 17.9 Å². The van der Waals surface area contributed by atoms with Crippen molar-refractivity contribution >= 4 is 23.2 Å². The number of hydrogen-bond acceptors (Lipinski definition) is 1. The first kappa shape index (κ1) is 11.2. The zero-order valence-corrected chi connectivity index (χ0v) is 10.1. The first-order chi connectivity index (χ1) is 6.98. The van der Waals surface area contributed by atoms with Gasteiger partial charge in [0.25, 0.3) is 0 Å². The second kappa shape index (κ2) is 3.95. The molecule has 82 valence electrons. The molecule has 0 spiro atoms. The summed E-state index contributed by atoms with van der Waals surface area (Å²) in [6, 6.07) is 5.64. The van der Waals surface area contributed by atoms with Crippen LogP contribution in [-0.4, -0.2) is 24.8 Å². The number of hydrogen-bond donors (Lipinski definition) is 0. The normalized spacial score (nSPS) is 30.8. The fourth-order valence-corrected chi connectivity index (χ4v) is 2.42. The molecule has 15 heavy (non-hydrogen) atoms. The Kier molecular flexibility index (Phi) is 2.95. The molecule has 0 aromatic heterocycles. The zero-order valence-electron chi connectivity index (χ0n) is 8.54. The number of quaternary nitrogens is 1. The van der Waals surface area contributed by atoms with Gasteiger partial charge in [0.15, 0.2) is 0 Å². The number of rotatable bonds is 1. The van der Waals surface area contributed by atoms with E-state index in [-0.39, 0.29) is 4.65 Å². The molecule has 2 unspecified atom stereocenters. The Morgan fingerprint density at radius 3 is 2.60 bits per heavy atom. The Morgan fingerprint density at radius 1 is 1.33 bits per heavy atom. The van der Waals surface area contributed by atoms with Crippen LogP contribution in [0, 0.1) is 5.21 Å². The minimum absolute atomic E-state index is 0.148. The maximum absolute atomic E-state index is 11.7. The fourth-order valence-electron chi connectivity index (χ4n) is 2.12. The first-order valence-electron chi connectivity index (χ1n) is 4.98. The van der Waals surface area contributed by atoms with Crippen LogP contribution < -0.4 is 0 Å². The average molecular weight is 246 g/mol. The predicted molar refractivity (Wildman–Crippen MR) is 63.1 cm³/mol. The highest BCUT2D eigenvalue weighted by Crippen LogP contribution is 2.33. The molecule has 0 aliphatic carbocycles. The summed E-state index contributed by atoms with van der Waals surface area (Å²) in [5.41, 5.74) is 1.13. The van der Waals surface area contributed by atoms with E-state index in [2.05, 4.69) is 0 Å². The third-order valence-corrected chi connectivity index (χ3v) is 3.71. The molecular formula is C11H13Cl2NO. The SMILES string of the molecule is C[N+]1([O-])CCC(c2ccc(Cl)c(Cl)c2)C1. The summed E-state index contributed by atoms with van der Waals surface area (Å²) < 4.78 is -0.148. The number of benzene rings is 1. The van der Waals surface area contributed by atoms with Gasteiger partial charge in [-0.05, 0) is 17.7 Å². The van der Waals surface area contributed by atoms with Crippen molar-refractivity contribution < 1.29 is 4.65 Å². The van der Waals surface area contributed by atoms with Crippen molar-refractivity contribution in [2.24, 2.45) is 0 Å². The van der Waals surface area contributed by atoms with Crippen molar-refractivity contribution in [3.05, 3.63) is 39.0 Å². The van der Waals surface area contributed by atoms with Gasteiger partial charge < -0.3 is 9.85 Å². The summed E-state index contributed by atoms with van der Waals surface area (Å²) in [7, 11) is 1.72. The molecule has 1 fully saturated rings. The fraction of sp³-hybridized carbons (Fsp3) is 0.455. The van der Waals surface area contributed by atoms with E-state index in [1.165, 1.54) is 0 Å². The van der Waals surface area contributed by atoms with Crippen LogP contribution in [0.5, 0.6) is 0 Å². The second-order valence-electron chi connectivity index (χ2n) is 4.36. The lowest BCUT2D eigenvalue weighted by Gasteiger charge is -2.33. The minimum Gasteiger partial charge on any atom is -0.633 e. The van der Waals surface area contributed by atoms with Crippen molar-refractivity contribution in [1.29, 1.82) is 0 Å². The second-order valence-corrected chi connectivity index (χ2v) is 5.18. The maximum Gasteiger partial charge on any atom is 0.0853 e. The highest BCUT2D eigenvalue weighted by atomic mass is 35.5. The Morgan fingerprint density at radius 2 is 2.07 bits per heavy atom. The van der Waals surface area contributed by atoms with Crippen LogP contribution in [0.25, 0.3) is 0 Å². The Labute approximate surface area is 99.6 Å². The van der Waals surface area contributed by atoms with E-state index in [4.69, 9.17) is 23.2 Å². The molecule has 0 amide bonds. The zero-order chi connectivity index (χ0) is 11.1. The summed E-state index contributed by atoms with van der Waals surface area (Å²) in [6.45, 7) is 1.32. The molecule has 1 saturated heterocycles. The van der Waals surface area contributed by atoms with Gasteiger partial charge in [-0.25, -0.2) is 0 Å². The largest absolute Gasteiger partial charge is 0.633 e. The molecule has 0 N–H and O–H groups in total. The van der Waals surface area contributed by atoms with Gasteiger partial charge in [-0.15, -0.1) is 0 Å². The highest BCUT2D eigenvalue weighted by molar-refractivity contribution is 6.42. The van der Waals surface area contributed by atoms with Crippen LogP contribution in [0.15, 0.2) is 18.2 Å². The molecule has 1 aromatic rings. The predicted octanol–water partition coefficient (Wildman–Crippen LogP) is 3.43. The van der Waals surface area contributed by atoms with Gasteiger partial charge in [0.2, 0.25) is 0 Å². The Balaban J connectivity index is 2.21. The highest BCUT2D eigenvalue weighted by Gasteiger charge is 2.29. The molecule has 4 heteroatoms. The number of nitrogens with zero attached hydrogens (tertiary/aromatic N) is 1. The van der Waals surface area contributed by atoms with E-state index in [1.54, 1.807) is 13.1 Å². The first-order valence-corrected chi connectivity index (χ1v) is 5.74. The van der Waals surface area contributed by atoms with Crippen LogP contribution in [-0.2, 0) is 0 Å². The quantitative estimate of drug-likeness (QED) is 0.550. The van der Waals surface area contributed by atoms with Gasteiger partial charge in [0.05, 0.1) is 30.2 Å². The molecule has 0 radical (unpaired) electrons. The van der Waals surface area contributed by atoms with Crippen molar-refractivity contribution in [2.75, 3.05) is 20.1 Å². The van der Waals surface area contributed by atoms with E-state index in [0.717, 1.165) is 12.0 Å². The summed E-state index contributed by atoms with van der Waals surface area (Å²) in [4.78, 5) is 0. The van der Waals surface area contributed by atoms with E-state index >= 15 is 0 Å². The average Bonchev–Trinajstić information content (AvgIpc) is 2.51. The van der Waals surface area contributed by atoms with Gasteiger partial charge in [-0.3, -0.25) is 0 Å². The number of hydroxylamine groups is 3. The van der Waals surface area contributed by atoms with Crippen LogP contribution in [0.2, 0.25) is 10.0 Å². The van der Waals surface area contributed by atoms with Gasteiger partial charge in [-0.2, -0.15) is 0 Å². The van der Waals surface area contributed by atoms with Crippen LogP contribution >= 0.6 is 23.2 Å². The molecule has 2 nitrogen and oxygen atoms in total. The topological polar surface area (TPSA) is 23.1 Å². The van der Waals surface area contributed by atoms with Crippen LogP contribution in [0.4, 0.5) is 0 Å². The van der Waals surface area contributed by atoms with E-state index in [0.29, 0.717) is 29.1 Å². The third kappa shape index (κ3) is 2.45. The Hall–Kier alpha value is -0.280. The minimum atomic E-state index is -0.148. The lowest BCUT2D eigenvalue weighted by Crippen LogP contribution is -2.33. The molecule has 1 aliphatic rings. The number of likely N-dealkylation sites (N-methyl/N-ethyl adjacent to an activating group) is 1. The van der Waals surface area contributed by atoms with Gasteiger partial charge >= 0.3 is 0 Å². The van der Waals surface area contributed by atoms with Crippen molar-refractivity contribution in [3.8, 4) is 0 Å². The van der Waals surface area contributed by atoms with Gasteiger partial charge in [0, 0.05) is 12.3 Å². The van der Waals surface area contributed by atoms with E-state index < -0.39 is 0 Å². The summed E-state index contributed by atoms with van der Waals surface area (Å²) in [6.07, 6.45) is 0.929. The third-order valence-electron chi connectivity index (χ3n) is 2.97. The summed E-state index contributed by atoms with van der Waals surface area (Å²) in [5.74, 6) is 0.322. The number of halogens is 2. The smallest absolute Gasteiger partial charge is 0.0853 e. The van der Waals surface area contributed by atoms with Crippen LogP contribution in [0.3, 0.4) is 0 Å². The lowest BCUT2D eigenvalue weighted by atomic mass is 9.99. The molecule has 2 rings (SSSR count). The molecule has 0 saturated carbocycles. The molecule has 1 heterocycles. The van der Waals surface area contributed by atoms with Gasteiger partial charge in [0.1, 0.15) is 0 Å². The Bertz CT molecular complexity index is 379. The standard InChI is InChI=1S/C11H13Cl2NO/c1-14(15)5-4-9(7-14)8-2-3-10(12)11(13)6-8/h2-3,6,9H,4-5,7H2,1H3. The van der Waals surface area contributed by atoms with Gasteiger partial charge in [-0.1, -0.05) is 29.3 Å². The lowest BCUT2D eigenvalue weighted by molar-refractivity contribution is -0.848. The van der Waals surface area contributed by atoms with Crippen molar-refractivity contribution in [1.82, 2.24) is 0 Å². The number of likely N-dealkylation sites (tertiary alicyclic amines) is 1. The maximum atomic E-state index is 11.7. The molecule has 0 bridgehead atoms. The van der Waals surface area contributed by atoms with Crippen molar-refractivity contribution in [3.63, 3.8) is 0 Å². The molecule has 2 atom stereocenters. The molecule has 1 aliphatic heterocycles. The molecular weight excluding hydrogens is 233 g/mol. The van der Waals surface area contributed by atoms with E-state index in [9.17, 15) is 5.21 Å². The monoisotopic (exact) mass is 245 g/mol. The summed E-state index contributed by atoms with van der Waals surface area (Å²) in [5, 5.41) is 12.9. The molecule has 1 aromatic carbocycles. The van der Waals surface area contributed by atoms with Crippen molar-refractivity contribution in [2.45, 2.75) is 12.3 Å². The van der Waals surface area contributed by atoms with E-state index in [1.807, 2.05) is 12.1 Å².